The highest BCUT2D eigenvalue weighted by Gasteiger charge is 2.43. The molecule has 3 aromatic rings. The Balaban J connectivity index is 1.50. The fraction of sp³-hybridized carbons (Fsp3) is 0.286. The van der Waals surface area contributed by atoms with Crippen LogP contribution in [0.4, 0.5) is 5.69 Å². The number of nitrogens with zero attached hydrogens (tertiary/aromatic N) is 2. The maximum Gasteiger partial charge on any atom is 0.335 e. The second-order valence-corrected chi connectivity index (χ2v) is 9.59. The van der Waals surface area contributed by atoms with Crippen LogP contribution in [-0.2, 0) is 6.54 Å². The van der Waals surface area contributed by atoms with E-state index in [1.165, 1.54) is 29.8 Å². The standard InChI is InChI=1S/C28H27N3O5/c32-27(19-9-11-22(12-10-19)31(35)36)23-7-4-8-24(28(33)34)26(23)25-20-13-29-14-21(25)17-30(16-20)15-18-5-2-1-3-6-18/h1-12,20-21,25,29H,13-17H2,(H,33,34). The minimum atomic E-state index is -1.05. The third kappa shape index (κ3) is 4.65. The Bertz CT molecular complexity index is 1280. The third-order valence-corrected chi connectivity index (χ3v) is 7.32. The smallest absolute Gasteiger partial charge is 0.335 e. The molecule has 3 aromatic carbocycles. The van der Waals surface area contributed by atoms with Crippen LogP contribution in [0.2, 0.25) is 0 Å². The zero-order valence-electron chi connectivity index (χ0n) is 19.7. The molecule has 184 valence electrons. The highest BCUT2D eigenvalue weighted by Crippen LogP contribution is 2.43. The number of ketones is 1. The van der Waals surface area contributed by atoms with Gasteiger partial charge in [-0.3, -0.25) is 19.8 Å². The van der Waals surface area contributed by atoms with Crippen molar-refractivity contribution < 1.29 is 19.6 Å². The van der Waals surface area contributed by atoms with Gasteiger partial charge in [0.05, 0.1) is 10.5 Å². The van der Waals surface area contributed by atoms with E-state index in [1.54, 1.807) is 18.2 Å². The Hall–Kier alpha value is -3.88. The molecule has 2 fully saturated rings. The molecule has 5 rings (SSSR count). The molecule has 0 saturated carbocycles. The van der Waals surface area contributed by atoms with Crippen molar-refractivity contribution in [2.24, 2.45) is 11.8 Å². The number of carbonyl (C=O) groups excluding carboxylic acids is 1. The summed E-state index contributed by atoms with van der Waals surface area (Å²) in [6.07, 6.45) is 0. The van der Waals surface area contributed by atoms with E-state index in [2.05, 4.69) is 22.3 Å². The first-order valence-electron chi connectivity index (χ1n) is 12.0. The fourth-order valence-corrected chi connectivity index (χ4v) is 5.83. The number of carboxylic acid groups (broad SMARTS) is 1. The molecular weight excluding hydrogens is 458 g/mol. The second-order valence-electron chi connectivity index (χ2n) is 9.59. The first-order chi connectivity index (χ1) is 17.4. The Morgan fingerprint density at radius 3 is 2.17 bits per heavy atom. The zero-order chi connectivity index (χ0) is 25.2. The van der Waals surface area contributed by atoms with E-state index in [0.717, 1.165) is 32.7 Å². The van der Waals surface area contributed by atoms with Gasteiger partial charge in [0.1, 0.15) is 0 Å². The number of aromatic carboxylic acids is 1. The summed E-state index contributed by atoms with van der Waals surface area (Å²) in [5.74, 6) is -1.17. The van der Waals surface area contributed by atoms with Gasteiger partial charge in [-0.05, 0) is 60.2 Å². The van der Waals surface area contributed by atoms with Crippen molar-refractivity contribution in [1.82, 2.24) is 10.2 Å². The molecule has 2 atom stereocenters. The molecule has 2 saturated heterocycles. The van der Waals surface area contributed by atoms with Crippen LogP contribution in [0.3, 0.4) is 0 Å². The van der Waals surface area contributed by atoms with E-state index >= 15 is 0 Å². The average molecular weight is 486 g/mol. The molecule has 2 aliphatic rings. The molecule has 0 amide bonds. The molecule has 0 spiro atoms. The van der Waals surface area contributed by atoms with Gasteiger partial charge >= 0.3 is 5.97 Å². The van der Waals surface area contributed by atoms with E-state index < -0.39 is 10.9 Å². The van der Waals surface area contributed by atoms with Crippen LogP contribution in [0.5, 0.6) is 0 Å². The van der Waals surface area contributed by atoms with Crippen molar-refractivity contribution >= 4 is 17.4 Å². The topological polar surface area (TPSA) is 113 Å². The summed E-state index contributed by atoms with van der Waals surface area (Å²) < 4.78 is 0. The molecule has 2 heterocycles. The molecule has 2 N–H and O–H groups in total. The van der Waals surface area contributed by atoms with Gasteiger partial charge in [-0.1, -0.05) is 42.5 Å². The van der Waals surface area contributed by atoms with Gasteiger partial charge in [0.15, 0.2) is 5.78 Å². The van der Waals surface area contributed by atoms with Crippen molar-refractivity contribution in [2.45, 2.75) is 12.5 Å². The zero-order valence-corrected chi connectivity index (χ0v) is 19.7. The van der Waals surface area contributed by atoms with Gasteiger partial charge in [0, 0.05) is 42.9 Å². The SMILES string of the molecule is O=C(O)c1cccc(C(=O)c2ccc([N+](=O)[O-])cc2)c1C1C2CNCC1CN(Cc1ccccc1)C2. The van der Waals surface area contributed by atoms with Crippen molar-refractivity contribution in [2.75, 3.05) is 26.2 Å². The number of carbonyl (C=O) groups is 2. The van der Waals surface area contributed by atoms with Crippen LogP contribution in [0.15, 0.2) is 72.8 Å². The van der Waals surface area contributed by atoms with E-state index in [4.69, 9.17) is 0 Å². The van der Waals surface area contributed by atoms with Crippen LogP contribution in [-0.4, -0.2) is 52.9 Å². The van der Waals surface area contributed by atoms with Gasteiger partial charge in [0.2, 0.25) is 0 Å². The summed E-state index contributed by atoms with van der Waals surface area (Å²) in [7, 11) is 0. The first kappa shape index (κ1) is 23.8. The summed E-state index contributed by atoms with van der Waals surface area (Å²) in [6.45, 7) is 3.90. The molecule has 0 aliphatic carbocycles. The summed E-state index contributed by atoms with van der Waals surface area (Å²) in [5.41, 5.74) is 2.54. The number of nitrogens with one attached hydrogen (secondary N) is 1. The maximum atomic E-state index is 13.6. The molecule has 36 heavy (non-hydrogen) atoms. The van der Waals surface area contributed by atoms with Gasteiger partial charge in [0.25, 0.3) is 5.69 Å². The predicted octanol–water partition coefficient (Wildman–Crippen LogP) is 3.96. The minimum absolute atomic E-state index is 0.0810. The van der Waals surface area contributed by atoms with Gasteiger partial charge in [-0.2, -0.15) is 0 Å². The number of non-ortho nitro benzene ring substituents is 1. The molecule has 2 bridgehead atoms. The van der Waals surface area contributed by atoms with E-state index in [9.17, 15) is 24.8 Å². The Labute approximate surface area is 208 Å². The lowest BCUT2D eigenvalue weighted by Crippen LogP contribution is -2.55. The number of benzene rings is 3. The first-order valence-corrected chi connectivity index (χ1v) is 12.0. The lowest BCUT2D eigenvalue weighted by molar-refractivity contribution is -0.384. The molecule has 2 unspecified atom stereocenters. The predicted molar refractivity (Wildman–Crippen MR) is 134 cm³/mol. The van der Waals surface area contributed by atoms with E-state index in [0.29, 0.717) is 16.7 Å². The quantitative estimate of drug-likeness (QED) is 0.296. The number of piperidine rings is 2. The molecule has 2 aliphatic heterocycles. The number of nitro benzene ring substituents is 1. The largest absolute Gasteiger partial charge is 0.478 e. The van der Waals surface area contributed by atoms with Crippen molar-refractivity contribution in [3.63, 3.8) is 0 Å². The number of rotatable bonds is 7. The normalized spacial score (nSPS) is 21.6. The number of nitro groups is 1. The summed E-state index contributed by atoms with van der Waals surface area (Å²) in [5, 5.41) is 24.6. The molecule has 0 aromatic heterocycles. The van der Waals surface area contributed by atoms with Crippen LogP contribution < -0.4 is 5.32 Å². The highest BCUT2D eigenvalue weighted by molar-refractivity contribution is 6.11. The Morgan fingerprint density at radius 2 is 1.56 bits per heavy atom. The minimum Gasteiger partial charge on any atom is -0.478 e. The number of hydrogen-bond donors (Lipinski definition) is 2. The van der Waals surface area contributed by atoms with Crippen molar-refractivity contribution in [1.29, 1.82) is 0 Å². The fourth-order valence-electron chi connectivity index (χ4n) is 5.83. The van der Waals surface area contributed by atoms with Crippen LogP contribution >= 0.6 is 0 Å². The van der Waals surface area contributed by atoms with Crippen molar-refractivity contribution in [3.8, 4) is 0 Å². The average Bonchev–Trinajstić information content (AvgIpc) is 2.88. The van der Waals surface area contributed by atoms with Crippen LogP contribution in [0.25, 0.3) is 0 Å². The van der Waals surface area contributed by atoms with E-state index in [-0.39, 0.29) is 34.8 Å². The van der Waals surface area contributed by atoms with Gasteiger partial charge in [-0.25, -0.2) is 4.79 Å². The van der Waals surface area contributed by atoms with Crippen LogP contribution in [0, 0.1) is 22.0 Å². The lowest BCUT2D eigenvalue weighted by Gasteiger charge is -2.48. The van der Waals surface area contributed by atoms with Crippen LogP contribution in [0.1, 0.15) is 43.3 Å². The number of carboxylic acids is 1. The molecule has 8 heteroatoms. The van der Waals surface area contributed by atoms with E-state index in [1.807, 2.05) is 18.2 Å². The van der Waals surface area contributed by atoms with Gasteiger partial charge < -0.3 is 10.4 Å². The monoisotopic (exact) mass is 485 g/mol. The molecule has 8 nitrogen and oxygen atoms in total. The molecular formula is C28H27N3O5. The summed E-state index contributed by atoms with van der Waals surface area (Å²) in [6, 6.07) is 20.6. The molecule has 0 radical (unpaired) electrons. The van der Waals surface area contributed by atoms with Gasteiger partial charge in [-0.15, -0.1) is 0 Å². The second kappa shape index (κ2) is 10.0. The third-order valence-electron chi connectivity index (χ3n) is 7.32. The maximum absolute atomic E-state index is 13.6. The Kier molecular flexibility index (Phi) is 6.63. The number of fused-ring (bicyclic) bond motifs is 2. The number of hydrogen-bond acceptors (Lipinski definition) is 6. The summed E-state index contributed by atoms with van der Waals surface area (Å²) >= 11 is 0. The summed E-state index contributed by atoms with van der Waals surface area (Å²) in [4.78, 5) is 38.8. The highest BCUT2D eigenvalue weighted by atomic mass is 16.6. The lowest BCUT2D eigenvalue weighted by atomic mass is 9.68. The Morgan fingerprint density at radius 1 is 0.917 bits per heavy atom. The number of likely N-dealkylation sites (tertiary alicyclic amines) is 1. The van der Waals surface area contributed by atoms with Crippen molar-refractivity contribution in [3.05, 3.63) is 111 Å².